The van der Waals surface area contributed by atoms with E-state index in [1.807, 2.05) is 30.3 Å². The molecule has 1 aromatic carbocycles. The summed E-state index contributed by atoms with van der Waals surface area (Å²) in [5, 5.41) is 15.6. The highest BCUT2D eigenvalue weighted by molar-refractivity contribution is 7.58. The molecular weight excluding hydrogens is 441 g/mol. The predicted octanol–water partition coefficient (Wildman–Crippen LogP) is 2.02. The van der Waals surface area contributed by atoms with Crippen LogP contribution >= 0.6 is 7.37 Å². The van der Waals surface area contributed by atoms with Gasteiger partial charge in [-0.05, 0) is 36.7 Å². The average Bonchev–Trinajstić information content (AvgIpc) is 2.76. The predicted molar refractivity (Wildman–Crippen MR) is 130 cm³/mol. The molecule has 1 aliphatic rings. The molecule has 8 nitrogen and oxygen atoms in total. The van der Waals surface area contributed by atoms with Crippen molar-refractivity contribution in [2.45, 2.75) is 70.6 Å². The number of rotatable bonds is 12. The SMILES string of the molecule is CC(C)[C@@H](NC(=O)[C@@H](N)Cc1ccccc1)C(=O)NC[C@H](O)CP(=O)(O)CC1CCCCC1. The maximum Gasteiger partial charge on any atom is 0.242 e. The van der Waals surface area contributed by atoms with E-state index in [1.165, 1.54) is 6.42 Å². The van der Waals surface area contributed by atoms with Crippen LogP contribution in [-0.2, 0) is 20.6 Å². The molecule has 1 aromatic rings. The highest BCUT2D eigenvalue weighted by Crippen LogP contribution is 2.45. The second-order valence-electron chi connectivity index (χ2n) is 9.64. The van der Waals surface area contributed by atoms with Gasteiger partial charge in [0.1, 0.15) is 6.04 Å². The van der Waals surface area contributed by atoms with Crippen LogP contribution < -0.4 is 16.4 Å². The summed E-state index contributed by atoms with van der Waals surface area (Å²) in [6.07, 6.45) is 4.46. The van der Waals surface area contributed by atoms with Gasteiger partial charge in [0.2, 0.25) is 19.2 Å². The van der Waals surface area contributed by atoms with Crippen molar-refractivity contribution >= 4 is 19.2 Å². The third-order valence-electron chi connectivity index (χ3n) is 6.16. The standard InChI is InChI=1S/C24H40N3O5P/c1-17(2)22(27-23(29)21(25)13-18-9-5-3-6-10-18)24(30)26-14-20(28)16-33(31,32)15-19-11-7-4-8-12-19/h3,5-6,9-10,17,19-22,28H,4,7-8,11-16,25H2,1-2H3,(H,26,30)(H,27,29)(H,31,32)/t20-,21-,22+/m0/s1. The summed E-state index contributed by atoms with van der Waals surface area (Å²) in [5.41, 5.74) is 6.95. The van der Waals surface area contributed by atoms with Gasteiger partial charge in [-0.15, -0.1) is 0 Å². The van der Waals surface area contributed by atoms with Gasteiger partial charge < -0.3 is 26.4 Å². The van der Waals surface area contributed by atoms with E-state index < -0.39 is 37.4 Å². The summed E-state index contributed by atoms with van der Waals surface area (Å²) in [5.74, 6) is -0.854. The van der Waals surface area contributed by atoms with E-state index in [2.05, 4.69) is 10.6 Å². The highest BCUT2D eigenvalue weighted by Gasteiger charge is 2.30. The lowest BCUT2D eigenvalue weighted by molar-refractivity contribution is -0.130. The zero-order valence-electron chi connectivity index (χ0n) is 19.8. The van der Waals surface area contributed by atoms with E-state index in [0.29, 0.717) is 6.42 Å². The molecule has 6 N–H and O–H groups in total. The maximum atomic E-state index is 12.7. The van der Waals surface area contributed by atoms with E-state index in [0.717, 1.165) is 31.2 Å². The molecule has 1 aliphatic carbocycles. The van der Waals surface area contributed by atoms with Gasteiger partial charge in [-0.1, -0.05) is 63.4 Å². The summed E-state index contributed by atoms with van der Waals surface area (Å²) in [7, 11) is -3.48. The maximum absolute atomic E-state index is 12.7. The quantitative estimate of drug-likeness (QED) is 0.289. The lowest BCUT2D eigenvalue weighted by Gasteiger charge is -2.26. The van der Waals surface area contributed by atoms with Crippen LogP contribution in [0.15, 0.2) is 30.3 Å². The third-order valence-corrected chi connectivity index (χ3v) is 8.24. The molecule has 0 heterocycles. The van der Waals surface area contributed by atoms with E-state index in [9.17, 15) is 24.2 Å². The van der Waals surface area contributed by atoms with Crippen LogP contribution in [0.25, 0.3) is 0 Å². The van der Waals surface area contributed by atoms with Crippen LogP contribution in [0.5, 0.6) is 0 Å². The number of nitrogens with one attached hydrogen (secondary N) is 2. The number of carbonyl (C=O) groups is 2. The van der Waals surface area contributed by atoms with E-state index >= 15 is 0 Å². The molecule has 186 valence electrons. The smallest absolute Gasteiger partial charge is 0.242 e. The van der Waals surface area contributed by atoms with Gasteiger partial charge in [-0.2, -0.15) is 0 Å². The second kappa shape index (κ2) is 13.2. The van der Waals surface area contributed by atoms with Crippen molar-refractivity contribution in [1.82, 2.24) is 10.6 Å². The number of benzene rings is 1. The molecule has 9 heteroatoms. The van der Waals surface area contributed by atoms with Crippen molar-refractivity contribution in [3.05, 3.63) is 35.9 Å². The van der Waals surface area contributed by atoms with Crippen molar-refractivity contribution < 1.29 is 24.2 Å². The second-order valence-corrected chi connectivity index (χ2v) is 12.1. The minimum absolute atomic E-state index is 0.150. The highest BCUT2D eigenvalue weighted by atomic mass is 31.2. The Bertz CT molecular complexity index is 799. The molecule has 0 saturated heterocycles. The summed E-state index contributed by atoms with van der Waals surface area (Å²) >= 11 is 0. The summed E-state index contributed by atoms with van der Waals surface area (Å²) in [6, 6.07) is 7.77. The first-order valence-corrected chi connectivity index (χ1v) is 14.0. The molecule has 33 heavy (non-hydrogen) atoms. The Labute approximate surface area is 197 Å². The van der Waals surface area contributed by atoms with Crippen molar-refractivity contribution in [3.8, 4) is 0 Å². The molecule has 0 aliphatic heterocycles. The van der Waals surface area contributed by atoms with Crippen molar-refractivity contribution in [2.24, 2.45) is 17.6 Å². The minimum atomic E-state index is -3.48. The molecule has 1 saturated carbocycles. The zero-order chi connectivity index (χ0) is 24.4. The van der Waals surface area contributed by atoms with Crippen LogP contribution in [-0.4, -0.2) is 58.9 Å². The van der Waals surface area contributed by atoms with Crippen LogP contribution in [0.3, 0.4) is 0 Å². The first-order valence-electron chi connectivity index (χ1n) is 11.9. The molecule has 0 bridgehead atoms. The largest absolute Gasteiger partial charge is 0.391 e. The van der Waals surface area contributed by atoms with Crippen LogP contribution in [0.2, 0.25) is 0 Å². The first-order chi connectivity index (χ1) is 15.6. The fourth-order valence-electron chi connectivity index (χ4n) is 4.33. The zero-order valence-corrected chi connectivity index (χ0v) is 20.7. The molecule has 1 unspecified atom stereocenters. The molecule has 0 aromatic heterocycles. The number of amides is 2. The van der Waals surface area contributed by atoms with Gasteiger partial charge in [0.25, 0.3) is 0 Å². The molecule has 1 fully saturated rings. The van der Waals surface area contributed by atoms with Gasteiger partial charge in [-0.3, -0.25) is 14.2 Å². The molecule has 0 radical (unpaired) electrons. The monoisotopic (exact) mass is 481 g/mol. The van der Waals surface area contributed by atoms with E-state index in [1.54, 1.807) is 13.8 Å². The molecule has 2 rings (SSSR count). The lowest BCUT2D eigenvalue weighted by atomic mass is 9.91. The van der Waals surface area contributed by atoms with Crippen molar-refractivity contribution in [2.75, 3.05) is 18.9 Å². The topological polar surface area (TPSA) is 142 Å². The van der Waals surface area contributed by atoms with Gasteiger partial charge in [0, 0.05) is 12.7 Å². The number of hydrogen-bond acceptors (Lipinski definition) is 5. The Morgan fingerprint density at radius 1 is 1.12 bits per heavy atom. The lowest BCUT2D eigenvalue weighted by Crippen LogP contribution is -2.55. The van der Waals surface area contributed by atoms with Crippen LogP contribution in [0.4, 0.5) is 0 Å². The van der Waals surface area contributed by atoms with Gasteiger partial charge in [-0.25, -0.2) is 0 Å². The summed E-state index contributed by atoms with van der Waals surface area (Å²) in [4.78, 5) is 35.5. The van der Waals surface area contributed by atoms with Gasteiger partial charge in [0.05, 0.1) is 18.3 Å². The first kappa shape index (κ1) is 27.5. The Hall–Kier alpha value is -1.73. The third kappa shape index (κ3) is 9.97. The molecule has 0 spiro atoms. The molecular formula is C24H40N3O5P. The fourth-order valence-corrected chi connectivity index (χ4v) is 6.43. The number of carbonyl (C=O) groups excluding carboxylic acids is 2. The molecule has 2 amide bonds. The van der Waals surface area contributed by atoms with E-state index in [4.69, 9.17) is 5.73 Å². The molecule has 4 atom stereocenters. The Kier molecular flexibility index (Phi) is 11.0. The van der Waals surface area contributed by atoms with Crippen molar-refractivity contribution in [1.29, 1.82) is 0 Å². The van der Waals surface area contributed by atoms with E-state index in [-0.39, 0.29) is 30.7 Å². The Balaban J connectivity index is 1.82. The van der Waals surface area contributed by atoms with Crippen molar-refractivity contribution in [3.63, 3.8) is 0 Å². The normalized spacial score (nSPS) is 19.3. The summed E-state index contributed by atoms with van der Waals surface area (Å²) in [6.45, 7) is 3.45. The number of nitrogens with two attached hydrogens (primary N) is 1. The minimum Gasteiger partial charge on any atom is -0.391 e. The Morgan fingerprint density at radius 3 is 2.36 bits per heavy atom. The van der Waals surface area contributed by atoms with Gasteiger partial charge >= 0.3 is 0 Å². The van der Waals surface area contributed by atoms with Gasteiger partial charge in [0.15, 0.2) is 0 Å². The number of hydrogen-bond donors (Lipinski definition) is 5. The fraction of sp³-hybridized carbons (Fsp3) is 0.667. The average molecular weight is 482 g/mol. The number of aliphatic hydroxyl groups is 1. The van der Waals surface area contributed by atoms with Crippen LogP contribution in [0, 0.1) is 11.8 Å². The number of aliphatic hydroxyl groups excluding tert-OH is 1. The van der Waals surface area contributed by atoms with Crippen LogP contribution in [0.1, 0.15) is 51.5 Å². The Morgan fingerprint density at radius 2 is 1.76 bits per heavy atom. The summed E-state index contributed by atoms with van der Waals surface area (Å²) < 4.78 is 12.6.